The van der Waals surface area contributed by atoms with Gasteiger partial charge in [0.2, 0.25) is 0 Å². The first-order chi connectivity index (χ1) is 7.70. The van der Waals surface area contributed by atoms with Crippen molar-refractivity contribution >= 4 is 0 Å². The van der Waals surface area contributed by atoms with Gasteiger partial charge < -0.3 is 15.5 Å². The molecule has 2 rings (SSSR count). The Morgan fingerprint density at radius 2 is 2.06 bits per heavy atom. The Morgan fingerprint density at radius 1 is 1.38 bits per heavy atom. The van der Waals surface area contributed by atoms with Crippen LogP contribution in [0.4, 0.5) is 0 Å². The second kappa shape index (κ2) is 4.85. The molecule has 0 heterocycles. The molecule has 0 aromatic heterocycles. The lowest BCUT2D eigenvalue weighted by Crippen LogP contribution is -2.45. The Labute approximate surface area is 96.1 Å². The highest BCUT2D eigenvalue weighted by Crippen LogP contribution is 2.29. The maximum absolute atomic E-state index is 9.78. The molecule has 0 amide bonds. The normalized spacial score (nSPS) is 26.1. The third-order valence-corrected chi connectivity index (χ3v) is 3.27. The van der Waals surface area contributed by atoms with Gasteiger partial charge in [-0.2, -0.15) is 0 Å². The molecule has 16 heavy (non-hydrogen) atoms. The van der Waals surface area contributed by atoms with E-state index in [0.29, 0.717) is 11.8 Å². The number of para-hydroxylation sites is 1. The van der Waals surface area contributed by atoms with Gasteiger partial charge in [-0.25, -0.2) is 0 Å². The average Bonchev–Trinajstić information content (AvgIpc) is 2.24. The van der Waals surface area contributed by atoms with Crippen LogP contribution in [0.2, 0.25) is 0 Å². The number of benzene rings is 1. The molecule has 0 spiro atoms. The van der Waals surface area contributed by atoms with E-state index in [9.17, 15) is 10.2 Å². The van der Waals surface area contributed by atoms with Crippen LogP contribution in [0.15, 0.2) is 24.3 Å². The lowest BCUT2D eigenvalue weighted by Gasteiger charge is -2.35. The summed E-state index contributed by atoms with van der Waals surface area (Å²) in [5.74, 6) is 0.349. The van der Waals surface area contributed by atoms with Crippen LogP contribution in [0.3, 0.4) is 0 Å². The molecule has 1 fully saturated rings. The Bertz CT molecular complexity index is 348. The van der Waals surface area contributed by atoms with Gasteiger partial charge in [0.15, 0.2) is 0 Å². The van der Waals surface area contributed by atoms with Gasteiger partial charge >= 0.3 is 0 Å². The molecule has 1 aliphatic rings. The van der Waals surface area contributed by atoms with E-state index < -0.39 is 0 Å². The molecule has 1 unspecified atom stereocenters. The van der Waals surface area contributed by atoms with Crippen LogP contribution in [0.25, 0.3) is 0 Å². The summed E-state index contributed by atoms with van der Waals surface area (Å²) in [5.41, 5.74) is 0.950. The van der Waals surface area contributed by atoms with E-state index in [1.165, 1.54) is 0 Å². The van der Waals surface area contributed by atoms with E-state index in [1.54, 1.807) is 6.07 Å². The zero-order valence-corrected chi connectivity index (χ0v) is 9.56. The highest BCUT2D eigenvalue weighted by molar-refractivity contribution is 5.34. The van der Waals surface area contributed by atoms with Crippen molar-refractivity contribution in [3.05, 3.63) is 29.8 Å². The van der Waals surface area contributed by atoms with E-state index in [-0.39, 0.29) is 12.1 Å². The summed E-state index contributed by atoms with van der Waals surface area (Å²) in [4.78, 5) is 0. The van der Waals surface area contributed by atoms with Crippen LogP contribution in [-0.4, -0.2) is 22.4 Å². The molecule has 1 atom stereocenters. The largest absolute Gasteiger partial charge is 0.508 e. The summed E-state index contributed by atoms with van der Waals surface area (Å²) in [7, 11) is 0. The van der Waals surface area contributed by atoms with Gasteiger partial charge in [0.1, 0.15) is 5.75 Å². The minimum absolute atomic E-state index is 0.139. The van der Waals surface area contributed by atoms with Crippen LogP contribution in [0, 0.1) is 0 Å². The first-order valence-corrected chi connectivity index (χ1v) is 5.92. The molecule has 3 nitrogen and oxygen atoms in total. The fourth-order valence-corrected chi connectivity index (χ4v) is 2.22. The minimum atomic E-state index is -0.139. The third-order valence-electron chi connectivity index (χ3n) is 3.27. The fraction of sp³-hybridized carbons (Fsp3) is 0.538. The number of nitrogens with one attached hydrogen (secondary N) is 1. The molecule has 88 valence electrons. The number of hydrogen-bond donors (Lipinski definition) is 3. The molecule has 1 aromatic rings. The van der Waals surface area contributed by atoms with E-state index in [2.05, 4.69) is 12.2 Å². The molecule has 0 saturated heterocycles. The Hall–Kier alpha value is -1.06. The number of aromatic hydroxyl groups is 1. The van der Waals surface area contributed by atoms with Crippen molar-refractivity contribution in [3.8, 4) is 5.75 Å². The molecule has 3 heteroatoms. The van der Waals surface area contributed by atoms with Crippen molar-refractivity contribution in [3.63, 3.8) is 0 Å². The Kier molecular flexibility index (Phi) is 3.46. The first-order valence-electron chi connectivity index (χ1n) is 5.92. The van der Waals surface area contributed by atoms with E-state index >= 15 is 0 Å². The van der Waals surface area contributed by atoms with Crippen molar-refractivity contribution in [2.75, 3.05) is 0 Å². The summed E-state index contributed by atoms with van der Waals surface area (Å²) in [6.07, 6.45) is 2.44. The van der Waals surface area contributed by atoms with Crippen LogP contribution in [-0.2, 0) is 0 Å². The Morgan fingerprint density at radius 3 is 2.62 bits per heavy atom. The summed E-state index contributed by atoms with van der Waals surface area (Å²) >= 11 is 0. The quantitative estimate of drug-likeness (QED) is 0.728. The maximum atomic E-state index is 9.78. The van der Waals surface area contributed by atoms with Crippen molar-refractivity contribution in [2.45, 2.75) is 44.4 Å². The van der Waals surface area contributed by atoms with Crippen LogP contribution in [0.1, 0.15) is 37.8 Å². The van der Waals surface area contributed by atoms with Gasteiger partial charge in [-0.15, -0.1) is 0 Å². The van der Waals surface area contributed by atoms with Gasteiger partial charge in [0, 0.05) is 17.6 Å². The van der Waals surface area contributed by atoms with Gasteiger partial charge in [-0.3, -0.25) is 0 Å². The van der Waals surface area contributed by atoms with Crippen LogP contribution >= 0.6 is 0 Å². The topological polar surface area (TPSA) is 52.5 Å². The number of aliphatic hydroxyl groups is 1. The standard InChI is InChI=1S/C13H19NO2/c1-2-12(14-9-7-10(15)8-9)11-5-3-4-6-13(11)16/h3-6,9-10,12,14-16H,2,7-8H2,1H3. The number of rotatable bonds is 4. The van der Waals surface area contributed by atoms with Gasteiger partial charge in [0.05, 0.1) is 6.10 Å². The molecule has 1 aliphatic carbocycles. The summed E-state index contributed by atoms with van der Waals surface area (Å²) in [6.45, 7) is 2.10. The number of aliphatic hydroxyl groups excluding tert-OH is 1. The van der Waals surface area contributed by atoms with Crippen molar-refractivity contribution in [2.24, 2.45) is 0 Å². The summed E-state index contributed by atoms with van der Waals surface area (Å²) in [6, 6.07) is 8.01. The van der Waals surface area contributed by atoms with Crippen LogP contribution < -0.4 is 5.32 Å². The predicted molar refractivity (Wildman–Crippen MR) is 63.3 cm³/mol. The molecular weight excluding hydrogens is 202 g/mol. The summed E-state index contributed by atoms with van der Waals surface area (Å²) in [5, 5.41) is 22.5. The molecular formula is C13H19NO2. The second-order valence-electron chi connectivity index (χ2n) is 4.51. The maximum Gasteiger partial charge on any atom is 0.120 e. The number of hydrogen-bond acceptors (Lipinski definition) is 3. The molecule has 1 saturated carbocycles. The van der Waals surface area contributed by atoms with E-state index in [1.807, 2.05) is 18.2 Å². The molecule has 1 aromatic carbocycles. The van der Waals surface area contributed by atoms with Crippen molar-refractivity contribution < 1.29 is 10.2 Å². The third kappa shape index (κ3) is 2.36. The lowest BCUT2D eigenvalue weighted by molar-refractivity contribution is 0.0572. The highest BCUT2D eigenvalue weighted by Gasteiger charge is 2.29. The monoisotopic (exact) mass is 221 g/mol. The zero-order valence-electron chi connectivity index (χ0n) is 9.56. The first kappa shape index (κ1) is 11.4. The number of phenols is 1. The summed E-state index contributed by atoms with van der Waals surface area (Å²) < 4.78 is 0. The van der Waals surface area contributed by atoms with E-state index in [0.717, 1.165) is 24.8 Å². The number of phenolic OH excluding ortho intramolecular Hbond substituents is 1. The minimum Gasteiger partial charge on any atom is -0.508 e. The zero-order chi connectivity index (χ0) is 11.5. The SMILES string of the molecule is CCC(NC1CC(O)C1)c1ccccc1O. The smallest absolute Gasteiger partial charge is 0.120 e. The molecule has 0 radical (unpaired) electrons. The van der Waals surface area contributed by atoms with Gasteiger partial charge in [-0.1, -0.05) is 25.1 Å². The van der Waals surface area contributed by atoms with Gasteiger partial charge in [-0.05, 0) is 25.3 Å². The second-order valence-corrected chi connectivity index (χ2v) is 4.51. The Balaban J connectivity index is 2.02. The van der Waals surface area contributed by atoms with Gasteiger partial charge in [0.25, 0.3) is 0 Å². The van der Waals surface area contributed by atoms with Crippen LogP contribution in [0.5, 0.6) is 5.75 Å². The fourth-order valence-electron chi connectivity index (χ4n) is 2.22. The van der Waals surface area contributed by atoms with Crippen molar-refractivity contribution in [1.29, 1.82) is 0 Å². The predicted octanol–water partition coefficient (Wildman–Crippen LogP) is 1.96. The molecule has 0 aliphatic heterocycles. The average molecular weight is 221 g/mol. The van der Waals surface area contributed by atoms with E-state index in [4.69, 9.17) is 0 Å². The lowest BCUT2D eigenvalue weighted by atomic mass is 9.88. The highest BCUT2D eigenvalue weighted by atomic mass is 16.3. The molecule has 3 N–H and O–H groups in total. The molecule has 0 bridgehead atoms. The van der Waals surface area contributed by atoms with Crippen molar-refractivity contribution in [1.82, 2.24) is 5.32 Å².